The zero-order valence-corrected chi connectivity index (χ0v) is 12.0. The van der Waals surface area contributed by atoms with Crippen molar-refractivity contribution in [2.24, 2.45) is 0 Å². The molecule has 2 aromatic rings. The van der Waals surface area contributed by atoms with Crippen LogP contribution in [0.4, 0.5) is 0 Å². The Morgan fingerprint density at radius 1 is 1.20 bits per heavy atom. The molecule has 0 bridgehead atoms. The Balaban J connectivity index is 2.57. The molecule has 0 radical (unpaired) electrons. The minimum Gasteiger partial charge on any atom is -0.307 e. The Morgan fingerprint density at radius 3 is 2.50 bits per heavy atom. The molecule has 0 fully saturated rings. The number of nitriles is 1. The summed E-state index contributed by atoms with van der Waals surface area (Å²) >= 11 is 5.89. The maximum atomic E-state index is 12.3. The van der Waals surface area contributed by atoms with E-state index in [9.17, 15) is 4.79 Å². The SMILES string of the molecule is CCCCn1c(-c2ccc(Cl)cc2)ccc(C#N)c1=O. The fourth-order valence-electron chi connectivity index (χ4n) is 2.07. The molecule has 1 aromatic carbocycles. The van der Waals surface area contributed by atoms with E-state index in [-0.39, 0.29) is 11.1 Å². The maximum absolute atomic E-state index is 12.3. The number of rotatable bonds is 4. The van der Waals surface area contributed by atoms with E-state index >= 15 is 0 Å². The monoisotopic (exact) mass is 286 g/mol. The van der Waals surface area contributed by atoms with Gasteiger partial charge in [0.25, 0.3) is 5.56 Å². The van der Waals surface area contributed by atoms with Crippen molar-refractivity contribution in [3.05, 3.63) is 57.3 Å². The topological polar surface area (TPSA) is 45.8 Å². The lowest BCUT2D eigenvalue weighted by Crippen LogP contribution is -2.24. The molecule has 0 aliphatic rings. The van der Waals surface area contributed by atoms with Crippen LogP contribution < -0.4 is 5.56 Å². The average molecular weight is 287 g/mol. The van der Waals surface area contributed by atoms with Gasteiger partial charge in [-0.1, -0.05) is 37.1 Å². The number of pyridine rings is 1. The molecule has 0 saturated heterocycles. The van der Waals surface area contributed by atoms with Gasteiger partial charge in [-0.25, -0.2) is 0 Å². The summed E-state index contributed by atoms with van der Waals surface area (Å²) in [6, 6.07) is 12.7. The first-order valence-corrected chi connectivity index (χ1v) is 6.95. The molecule has 0 saturated carbocycles. The second kappa shape index (κ2) is 6.40. The normalized spacial score (nSPS) is 10.2. The summed E-state index contributed by atoms with van der Waals surface area (Å²) in [5.41, 5.74) is 1.69. The highest BCUT2D eigenvalue weighted by molar-refractivity contribution is 6.30. The van der Waals surface area contributed by atoms with Gasteiger partial charge in [0.2, 0.25) is 0 Å². The molecule has 0 amide bonds. The Labute approximate surface area is 123 Å². The molecule has 0 spiro atoms. The molecule has 102 valence electrons. The summed E-state index contributed by atoms with van der Waals surface area (Å²) in [6.07, 6.45) is 1.89. The largest absolute Gasteiger partial charge is 0.307 e. The van der Waals surface area contributed by atoms with Crippen LogP contribution in [0.3, 0.4) is 0 Å². The first-order valence-electron chi connectivity index (χ1n) is 6.57. The highest BCUT2D eigenvalue weighted by atomic mass is 35.5. The third-order valence-corrected chi connectivity index (χ3v) is 3.42. The minimum absolute atomic E-state index is 0.179. The van der Waals surface area contributed by atoms with Crippen LogP contribution in [0.1, 0.15) is 25.3 Å². The molecule has 4 heteroatoms. The van der Waals surface area contributed by atoms with E-state index in [1.54, 1.807) is 22.8 Å². The number of aromatic nitrogens is 1. The summed E-state index contributed by atoms with van der Waals surface area (Å²) in [5.74, 6) is 0. The van der Waals surface area contributed by atoms with E-state index in [4.69, 9.17) is 16.9 Å². The third-order valence-electron chi connectivity index (χ3n) is 3.17. The molecule has 3 nitrogen and oxygen atoms in total. The molecule has 1 heterocycles. The lowest BCUT2D eigenvalue weighted by Gasteiger charge is -2.13. The van der Waals surface area contributed by atoms with Crippen LogP contribution in [-0.4, -0.2) is 4.57 Å². The molecule has 0 atom stereocenters. The van der Waals surface area contributed by atoms with E-state index < -0.39 is 0 Å². The van der Waals surface area contributed by atoms with Crippen LogP contribution in [0.25, 0.3) is 11.3 Å². The van der Waals surface area contributed by atoms with Gasteiger partial charge >= 0.3 is 0 Å². The summed E-state index contributed by atoms with van der Waals surface area (Å²) in [6.45, 7) is 2.68. The number of benzene rings is 1. The van der Waals surface area contributed by atoms with E-state index in [1.807, 2.05) is 24.3 Å². The van der Waals surface area contributed by atoms with E-state index in [2.05, 4.69) is 6.92 Å². The van der Waals surface area contributed by atoms with Crippen LogP contribution >= 0.6 is 11.6 Å². The Bertz CT molecular complexity index is 696. The molecule has 0 aliphatic heterocycles. The molecular formula is C16H15ClN2O. The number of halogens is 1. The molecule has 2 rings (SSSR count). The predicted molar refractivity (Wildman–Crippen MR) is 80.8 cm³/mol. The van der Waals surface area contributed by atoms with Gasteiger partial charge < -0.3 is 4.57 Å². The summed E-state index contributed by atoms with van der Waals surface area (Å²) < 4.78 is 1.67. The van der Waals surface area contributed by atoms with Gasteiger partial charge in [0.05, 0.1) is 5.69 Å². The predicted octanol–water partition coefficient (Wildman–Crippen LogP) is 3.84. The third kappa shape index (κ3) is 2.92. The van der Waals surface area contributed by atoms with Gasteiger partial charge in [0.1, 0.15) is 11.6 Å². The smallest absolute Gasteiger partial charge is 0.268 e. The lowest BCUT2D eigenvalue weighted by atomic mass is 10.1. The van der Waals surface area contributed by atoms with Crippen molar-refractivity contribution in [3.63, 3.8) is 0 Å². The number of hydrogen-bond donors (Lipinski definition) is 0. The van der Waals surface area contributed by atoms with Crippen molar-refractivity contribution >= 4 is 11.6 Å². The average Bonchev–Trinajstić information content (AvgIpc) is 2.47. The van der Waals surface area contributed by atoms with Gasteiger partial charge in [-0.2, -0.15) is 5.26 Å². The Hall–Kier alpha value is -2.05. The highest BCUT2D eigenvalue weighted by Gasteiger charge is 2.10. The van der Waals surface area contributed by atoms with Crippen LogP contribution in [0.5, 0.6) is 0 Å². The van der Waals surface area contributed by atoms with E-state index in [0.29, 0.717) is 11.6 Å². The zero-order chi connectivity index (χ0) is 14.5. The fraction of sp³-hybridized carbons (Fsp3) is 0.250. The molecular weight excluding hydrogens is 272 g/mol. The van der Waals surface area contributed by atoms with Gasteiger partial charge in [0.15, 0.2) is 0 Å². The summed E-state index contributed by atoms with van der Waals surface area (Å²) in [4.78, 5) is 12.3. The standard InChI is InChI=1S/C16H15ClN2O/c1-2-3-10-19-15(9-6-13(11-18)16(19)20)12-4-7-14(17)8-5-12/h4-9H,2-3,10H2,1H3. The van der Waals surface area contributed by atoms with Crippen LogP contribution in [-0.2, 0) is 6.54 Å². The second-order valence-electron chi connectivity index (χ2n) is 4.56. The number of nitrogens with zero attached hydrogens (tertiary/aromatic N) is 2. The molecule has 0 aliphatic carbocycles. The molecule has 1 aromatic heterocycles. The van der Waals surface area contributed by atoms with Crippen molar-refractivity contribution in [3.8, 4) is 17.3 Å². The number of unbranched alkanes of at least 4 members (excludes halogenated alkanes) is 1. The quantitative estimate of drug-likeness (QED) is 0.857. The van der Waals surface area contributed by atoms with Gasteiger partial charge in [-0.15, -0.1) is 0 Å². The van der Waals surface area contributed by atoms with Crippen molar-refractivity contribution in [2.75, 3.05) is 0 Å². The van der Waals surface area contributed by atoms with Gasteiger partial charge in [-0.05, 0) is 36.2 Å². The molecule has 20 heavy (non-hydrogen) atoms. The number of hydrogen-bond acceptors (Lipinski definition) is 2. The lowest BCUT2D eigenvalue weighted by molar-refractivity contribution is 0.617. The first-order chi connectivity index (χ1) is 9.67. The van der Waals surface area contributed by atoms with Gasteiger partial charge in [-0.3, -0.25) is 4.79 Å². The maximum Gasteiger partial charge on any atom is 0.268 e. The van der Waals surface area contributed by atoms with Crippen LogP contribution in [0, 0.1) is 11.3 Å². The summed E-state index contributed by atoms with van der Waals surface area (Å²) in [7, 11) is 0. The Morgan fingerprint density at radius 2 is 1.90 bits per heavy atom. The minimum atomic E-state index is -0.228. The van der Waals surface area contributed by atoms with Crippen molar-refractivity contribution in [2.45, 2.75) is 26.3 Å². The fourth-order valence-corrected chi connectivity index (χ4v) is 2.20. The Kier molecular flexibility index (Phi) is 4.60. The van der Waals surface area contributed by atoms with Crippen LogP contribution in [0.2, 0.25) is 5.02 Å². The zero-order valence-electron chi connectivity index (χ0n) is 11.3. The summed E-state index contributed by atoms with van der Waals surface area (Å²) in [5, 5.41) is 9.64. The van der Waals surface area contributed by atoms with E-state index in [1.165, 1.54) is 0 Å². The molecule has 0 N–H and O–H groups in total. The highest BCUT2D eigenvalue weighted by Crippen LogP contribution is 2.21. The second-order valence-corrected chi connectivity index (χ2v) is 5.00. The van der Waals surface area contributed by atoms with Crippen molar-refractivity contribution in [1.29, 1.82) is 5.26 Å². The van der Waals surface area contributed by atoms with Crippen molar-refractivity contribution in [1.82, 2.24) is 4.57 Å². The molecule has 0 unspecified atom stereocenters. The van der Waals surface area contributed by atoms with E-state index in [0.717, 1.165) is 24.1 Å². The van der Waals surface area contributed by atoms with Crippen molar-refractivity contribution < 1.29 is 0 Å². The first kappa shape index (κ1) is 14.4. The van der Waals surface area contributed by atoms with Gasteiger partial charge in [0, 0.05) is 11.6 Å². The van der Waals surface area contributed by atoms with Crippen LogP contribution in [0.15, 0.2) is 41.2 Å².